The Labute approximate surface area is 246 Å². The van der Waals surface area contributed by atoms with Crippen LogP contribution in [-0.2, 0) is 30.1 Å². The largest absolute Gasteiger partial charge is 0.507 e. The summed E-state index contributed by atoms with van der Waals surface area (Å²) < 4.78 is 0. The number of rotatable bonds is 5. The van der Waals surface area contributed by atoms with Crippen molar-refractivity contribution in [2.45, 2.75) is 97.7 Å². The zero-order chi connectivity index (χ0) is 30.6. The van der Waals surface area contributed by atoms with E-state index in [0.29, 0.717) is 17.9 Å². The molecule has 4 rings (SSSR count). The van der Waals surface area contributed by atoms with Crippen LogP contribution in [0.3, 0.4) is 0 Å². The first-order chi connectivity index (χ1) is 19.1. The summed E-state index contributed by atoms with van der Waals surface area (Å²) >= 11 is 0. The zero-order valence-corrected chi connectivity index (χ0v) is 26.0. The van der Waals surface area contributed by atoms with Crippen molar-refractivity contribution >= 4 is 5.57 Å². The van der Waals surface area contributed by atoms with E-state index in [-0.39, 0.29) is 17.3 Å². The molecule has 0 amide bonds. The summed E-state index contributed by atoms with van der Waals surface area (Å²) in [5.74, 6) is -0.949. The number of aliphatic hydroxyl groups is 2. The maximum atomic E-state index is 11.0. The Balaban J connectivity index is 0.000000275. The SMILES string of the molecule is CCc1cc(Cc2cc(CC)cc(C(C)(C)C)c2O)c(O)c(C(C)(C)C)c1.OC1(O)C=CC(c2ccccc2)=CC1. The van der Waals surface area contributed by atoms with Crippen LogP contribution >= 0.6 is 0 Å². The molecular formula is C37H48O4. The van der Waals surface area contributed by atoms with Crippen molar-refractivity contribution in [1.29, 1.82) is 0 Å². The van der Waals surface area contributed by atoms with Crippen LogP contribution in [-0.4, -0.2) is 26.2 Å². The van der Waals surface area contributed by atoms with Gasteiger partial charge in [-0.15, -0.1) is 0 Å². The molecule has 0 radical (unpaired) electrons. The molecule has 0 aromatic heterocycles. The summed E-state index contributed by atoms with van der Waals surface area (Å²) in [5.41, 5.74) is 8.03. The van der Waals surface area contributed by atoms with Gasteiger partial charge in [0, 0.05) is 12.8 Å². The zero-order valence-electron chi connectivity index (χ0n) is 26.0. The summed E-state index contributed by atoms with van der Waals surface area (Å²) in [5, 5.41) is 40.5. The van der Waals surface area contributed by atoms with Gasteiger partial charge in [0.1, 0.15) is 11.5 Å². The minimum Gasteiger partial charge on any atom is -0.507 e. The van der Waals surface area contributed by atoms with Crippen molar-refractivity contribution in [3.05, 3.63) is 112 Å². The van der Waals surface area contributed by atoms with Gasteiger partial charge in [0.15, 0.2) is 5.79 Å². The Bertz CT molecular complexity index is 1330. The lowest BCUT2D eigenvalue weighted by Crippen LogP contribution is -2.25. The van der Waals surface area contributed by atoms with E-state index in [0.717, 1.165) is 46.2 Å². The number of aryl methyl sites for hydroxylation is 2. The number of hydrogen-bond donors (Lipinski definition) is 4. The van der Waals surface area contributed by atoms with Crippen LogP contribution in [0.5, 0.6) is 11.5 Å². The fraction of sp³-hybridized carbons (Fsp3) is 0.405. The number of benzene rings is 3. The molecule has 0 saturated carbocycles. The predicted molar refractivity (Wildman–Crippen MR) is 171 cm³/mol. The summed E-state index contributed by atoms with van der Waals surface area (Å²) in [7, 11) is 0. The Morgan fingerprint density at radius 1 is 0.707 bits per heavy atom. The highest BCUT2D eigenvalue weighted by molar-refractivity contribution is 5.75. The normalized spacial score (nSPS) is 14.7. The van der Waals surface area contributed by atoms with E-state index in [4.69, 9.17) is 0 Å². The van der Waals surface area contributed by atoms with Gasteiger partial charge in [0.25, 0.3) is 0 Å². The molecule has 3 aromatic rings. The molecule has 4 nitrogen and oxygen atoms in total. The molecule has 4 heteroatoms. The van der Waals surface area contributed by atoms with Gasteiger partial charge in [-0.25, -0.2) is 0 Å². The average Bonchev–Trinajstić information content (AvgIpc) is 2.90. The lowest BCUT2D eigenvalue weighted by Gasteiger charge is -2.25. The summed E-state index contributed by atoms with van der Waals surface area (Å²) in [6.07, 6.45) is 7.60. The Hall–Kier alpha value is -3.34. The van der Waals surface area contributed by atoms with Crippen LogP contribution in [0.15, 0.2) is 72.8 Å². The maximum Gasteiger partial charge on any atom is 0.186 e. The summed E-state index contributed by atoms with van der Waals surface area (Å²) in [6, 6.07) is 18.3. The quantitative estimate of drug-likeness (QED) is 0.239. The van der Waals surface area contributed by atoms with Crippen molar-refractivity contribution in [2.75, 3.05) is 0 Å². The first-order valence-electron chi connectivity index (χ1n) is 14.7. The van der Waals surface area contributed by atoms with Crippen LogP contribution in [0, 0.1) is 0 Å². The second kappa shape index (κ2) is 12.7. The third kappa shape index (κ3) is 8.34. The second-order valence-corrected chi connectivity index (χ2v) is 13.1. The second-order valence-electron chi connectivity index (χ2n) is 13.1. The van der Waals surface area contributed by atoms with Gasteiger partial charge < -0.3 is 20.4 Å². The number of phenolic OH excluding ortho intramolecular Hbond substituents is 2. The average molecular weight is 557 g/mol. The minimum atomic E-state index is -1.67. The molecule has 0 aliphatic heterocycles. The number of hydrogen-bond acceptors (Lipinski definition) is 4. The topological polar surface area (TPSA) is 80.9 Å². The van der Waals surface area contributed by atoms with Crippen molar-refractivity contribution in [1.82, 2.24) is 0 Å². The molecule has 3 aromatic carbocycles. The minimum absolute atomic E-state index is 0.131. The fourth-order valence-corrected chi connectivity index (χ4v) is 5.01. The Morgan fingerprint density at radius 2 is 1.17 bits per heavy atom. The van der Waals surface area contributed by atoms with Crippen molar-refractivity contribution in [3.8, 4) is 11.5 Å². The van der Waals surface area contributed by atoms with Gasteiger partial charge in [-0.2, -0.15) is 0 Å². The first-order valence-corrected chi connectivity index (χ1v) is 14.7. The predicted octanol–water partition coefficient (Wildman–Crippen LogP) is 8.12. The lowest BCUT2D eigenvalue weighted by molar-refractivity contribution is -0.114. The van der Waals surface area contributed by atoms with Crippen LogP contribution in [0.4, 0.5) is 0 Å². The van der Waals surface area contributed by atoms with E-state index in [1.54, 1.807) is 6.08 Å². The fourth-order valence-electron chi connectivity index (χ4n) is 5.01. The Morgan fingerprint density at radius 3 is 1.54 bits per heavy atom. The number of allylic oxidation sites excluding steroid dienone is 2. The van der Waals surface area contributed by atoms with E-state index in [9.17, 15) is 20.4 Å². The van der Waals surface area contributed by atoms with Gasteiger partial charge in [0.2, 0.25) is 0 Å². The van der Waals surface area contributed by atoms with Crippen LogP contribution < -0.4 is 0 Å². The third-order valence-electron chi connectivity index (χ3n) is 7.57. The highest BCUT2D eigenvalue weighted by atomic mass is 16.5. The van der Waals surface area contributed by atoms with Crippen molar-refractivity contribution < 1.29 is 20.4 Å². The lowest BCUT2D eigenvalue weighted by atomic mass is 9.81. The molecule has 0 spiro atoms. The number of aromatic hydroxyl groups is 2. The number of phenols is 2. The van der Waals surface area contributed by atoms with Crippen LogP contribution in [0.1, 0.15) is 101 Å². The standard InChI is InChI=1S/C25H36O2.C12H12O2/c1-9-16-11-18(22(26)20(13-16)24(3,4)5)15-19-12-17(10-2)14-21(23(19)27)25(6,7)8;13-12(14)8-6-11(7-9-12)10-4-2-1-3-5-10/h11-14,26-27H,9-10,15H2,1-8H3;1-8,13-14H,9H2. The Kier molecular flexibility index (Phi) is 9.94. The molecule has 0 saturated heterocycles. The van der Waals surface area contributed by atoms with E-state index in [2.05, 4.69) is 79.7 Å². The molecule has 220 valence electrons. The maximum absolute atomic E-state index is 11.0. The van der Waals surface area contributed by atoms with Gasteiger partial charge in [0.05, 0.1) is 0 Å². The van der Waals surface area contributed by atoms with Gasteiger partial charge in [-0.3, -0.25) is 0 Å². The highest BCUT2D eigenvalue weighted by Crippen LogP contribution is 2.39. The van der Waals surface area contributed by atoms with E-state index in [1.807, 2.05) is 36.4 Å². The molecule has 4 N–H and O–H groups in total. The molecule has 41 heavy (non-hydrogen) atoms. The van der Waals surface area contributed by atoms with Crippen molar-refractivity contribution in [2.24, 2.45) is 0 Å². The van der Waals surface area contributed by atoms with Gasteiger partial charge in [-0.05, 0) is 74.3 Å². The molecule has 0 bridgehead atoms. The molecule has 1 aliphatic rings. The van der Waals surface area contributed by atoms with Gasteiger partial charge in [-0.1, -0.05) is 122 Å². The van der Waals surface area contributed by atoms with E-state index < -0.39 is 5.79 Å². The third-order valence-corrected chi connectivity index (χ3v) is 7.57. The summed E-state index contributed by atoms with van der Waals surface area (Å²) in [4.78, 5) is 0. The van der Waals surface area contributed by atoms with Crippen LogP contribution in [0.2, 0.25) is 0 Å². The molecule has 0 unspecified atom stereocenters. The van der Waals surface area contributed by atoms with Crippen molar-refractivity contribution in [3.63, 3.8) is 0 Å². The first kappa shape index (κ1) is 32.2. The molecule has 0 fully saturated rings. The highest BCUT2D eigenvalue weighted by Gasteiger charge is 2.25. The van der Waals surface area contributed by atoms with Crippen LogP contribution in [0.25, 0.3) is 5.57 Å². The monoisotopic (exact) mass is 556 g/mol. The summed E-state index contributed by atoms with van der Waals surface area (Å²) in [6.45, 7) is 17.0. The van der Waals surface area contributed by atoms with Gasteiger partial charge >= 0.3 is 0 Å². The van der Waals surface area contributed by atoms with E-state index >= 15 is 0 Å². The molecule has 1 aliphatic carbocycles. The van der Waals surface area contributed by atoms with E-state index in [1.165, 1.54) is 17.2 Å². The molecule has 0 atom stereocenters. The molecule has 0 heterocycles. The smallest absolute Gasteiger partial charge is 0.186 e. The molecular weight excluding hydrogens is 508 g/mol.